The summed E-state index contributed by atoms with van der Waals surface area (Å²) in [6.45, 7) is 11.7. The second-order valence-corrected chi connectivity index (χ2v) is 13.0. The van der Waals surface area contributed by atoms with E-state index in [1.165, 1.54) is 12.3 Å². The molecular formula is C17H28N4O5Si. The highest BCUT2D eigenvalue weighted by Gasteiger charge is 2.44. The Hall–Kier alpha value is -2.04. The van der Waals surface area contributed by atoms with E-state index in [1.807, 2.05) is 0 Å². The van der Waals surface area contributed by atoms with Crippen molar-refractivity contribution < 1.29 is 19.3 Å². The minimum Gasteiger partial charge on any atom is -0.465 e. The molecule has 10 heteroatoms. The molecule has 1 fully saturated rings. The summed E-state index contributed by atoms with van der Waals surface area (Å²) in [7, 11) is -2.14. The standard InChI is InChI=1S/C17H28N4O5Si/c1-17(2,3)27(4,5)26-15-7-9-19-11-14(15)20(16(22)23)12-6-8-18-10-13(12)21(24)25/h6,8,10,14-15,19H,7,9,11H2,1-5H3,(H,22,23). The molecule has 1 aromatic rings. The number of nitrogens with one attached hydrogen (secondary N) is 1. The number of piperidine rings is 1. The summed E-state index contributed by atoms with van der Waals surface area (Å²) in [6.07, 6.45) is 1.49. The van der Waals surface area contributed by atoms with Gasteiger partial charge in [-0.25, -0.2) is 4.79 Å². The molecule has 0 aliphatic carbocycles. The molecule has 0 saturated carbocycles. The summed E-state index contributed by atoms with van der Waals surface area (Å²) < 4.78 is 6.52. The van der Waals surface area contributed by atoms with Gasteiger partial charge >= 0.3 is 11.8 Å². The molecule has 0 radical (unpaired) electrons. The molecule has 1 amide bonds. The van der Waals surface area contributed by atoms with Crippen molar-refractivity contribution in [2.24, 2.45) is 0 Å². The van der Waals surface area contributed by atoms with Gasteiger partial charge in [0, 0.05) is 12.7 Å². The Morgan fingerprint density at radius 3 is 2.70 bits per heavy atom. The minimum absolute atomic E-state index is 0.0139. The van der Waals surface area contributed by atoms with Crippen molar-refractivity contribution in [2.75, 3.05) is 18.0 Å². The molecule has 1 saturated heterocycles. The van der Waals surface area contributed by atoms with Crippen LogP contribution < -0.4 is 10.2 Å². The van der Waals surface area contributed by atoms with Crippen LogP contribution in [0, 0.1) is 10.1 Å². The average Bonchev–Trinajstić information content (AvgIpc) is 2.55. The molecule has 2 rings (SSSR count). The quantitative estimate of drug-likeness (QED) is 0.445. The lowest BCUT2D eigenvalue weighted by atomic mass is 10.0. The number of nitro groups is 1. The van der Waals surface area contributed by atoms with Gasteiger partial charge in [0.2, 0.25) is 0 Å². The summed E-state index contributed by atoms with van der Waals surface area (Å²) >= 11 is 0. The zero-order chi connectivity index (χ0) is 20.4. The van der Waals surface area contributed by atoms with Gasteiger partial charge in [-0.15, -0.1) is 0 Å². The molecule has 2 atom stereocenters. The molecule has 0 aromatic carbocycles. The number of hydrogen-bond acceptors (Lipinski definition) is 6. The van der Waals surface area contributed by atoms with Gasteiger partial charge in [-0.1, -0.05) is 20.8 Å². The predicted molar refractivity (Wildman–Crippen MR) is 105 cm³/mol. The third-order valence-corrected chi connectivity index (χ3v) is 9.92. The third kappa shape index (κ3) is 4.63. The molecule has 0 bridgehead atoms. The number of nitrogens with zero attached hydrogens (tertiary/aromatic N) is 3. The minimum atomic E-state index is -2.14. The maximum atomic E-state index is 12.1. The van der Waals surface area contributed by atoms with Crippen LogP contribution in [0.5, 0.6) is 0 Å². The van der Waals surface area contributed by atoms with E-state index in [4.69, 9.17) is 4.43 Å². The SMILES string of the molecule is CC(C)(C)[Si](C)(C)OC1CCNCC1N(C(=O)O)c1ccncc1[N+](=O)[O-]. The van der Waals surface area contributed by atoms with Gasteiger partial charge in [0.1, 0.15) is 11.9 Å². The second-order valence-electron chi connectivity index (χ2n) is 8.25. The molecule has 1 aliphatic heterocycles. The van der Waals surface area contributed by atoms with Crippen LogP contribution in [-0.4, -0.2) is 54.7 Å². The Bertz CT molecular complexity index is 707. The molecule has 2 heterocycles. The first-order chi connectivity index (χ1) is 12.5. The topological polar surface area (TPSA) is 118 Å². The Balaban J connectivity index is 2.43. The van der Waals surface area contributed by atoms with Crippen LogP contribution in [-0.2, 0) is 4.43 Å². The summed E-state index contributed by atoms with van der Waals surface area (Å²) in [6, 6.07) is 0.802. The molecule has 1 aromatic heterocycles. The number of rotatable bonds is 5. The average molecular weight is 397 g/mol. The van der Waals surface area contributed by atoms with Crippen molar-refractivity contribution in [3.63, 3.8) is 0 Å². The lowest BCUT2D eigenvalue weighted by Gasteiger charge is -2.45. The fourth-order valence-electron chi connectivity index (χ4n) is 2.92. The Morgan fingerprint density at radius 1 is 1.48 bits per heavy atom. The van der Waals surface area contributed by atoms with E-state index in [2.05, 4.69) is 44.2 Å². The van der Waals surface area contributed by atoms with Gasteiger partial charge in [-0.3, -0.25) is 20.0 Å². The Kier molecular flexibility index (Phi) is 6.23. The maximum absolute atomic E-state index is 12.1. The zero-order valence-corrected chi connectivity index (χ0v) is 17.4. The van der Waals surface area contributed by atoms with Crippen molar-refractivity contribution in [1.82, 2.24) is 10.3 Å². The first kappa shape index (κ1) is 21.3. The van der Waals surface area contributed by atoms with Crippen LogP contribution in [0.1, 0.15) is 27.2 Å². The largest absolute Gasteiger partial charge is 0.465 e. The van der Waals surface area contributed by atoms with E-state index in [-0.39, 0.29) is 22.5 Å². The number of hydrogen-bond donors (Lipinski definition) is 2. The van der Waals surface area contributed by atoms with E-state index in [9.17, 15) is 20.0 Å². The highest BCUT2D eigenvalue weighted by molar-refractivity contribution is 6.74. The number of pyridine rings is 1. The molecule has 27 heavy (non-hydrogen) atoms. The lowest BCUT2D eigenvalue weighted by molar-refractivity contribution is -0.384. The molecule has 2 unspecified atom stereocenters. The summed E-state index contributed by atoms with van der Waals surface area (Å²) in [5.41, 5.74) is -0.323. The van der Waals surface area contributed by atoms with Gasteiger partial charge in [-0.05, 0) is 37.2 Å². The zero-order valence-electron chi connectivity index (χ0n) is 16.4. The molecule has 150 valence electrons. The van der Waals surface area contributed by atoms with Gasteiger partial charge in [0.05, 0.1) is 17.1 Å². The smallest absolute Gasteiger partial charge is 0.412 e. The fourth-order valence-corrected chi connectivity index (χ4v) is 4.30. The van der Waals surface area contributed by atoms with E-state index in [0.29, 0.717) is 19.5 Å². The van der Waals surface area contributed by atoms with Gasteiger partial charge in [0.25, 0.3) is 0 Å². The van der Waals surface area contributed by atoms with Crippen LogP contribution >= 0.6 is 0 Å². The van der Waals surface area contributed by atoms with Crippen LogP contribution in [0.3, 0.4) is 0 Å². The summed E-state index contributed by atoms with van der Waals surface area (Å²) in [4.78, 5) is 27.7. The number of aromatic nitrogens is 1. The number of anilines is 1. The number of carboxylic acid groups (broad SMARTS) is 1. The monoisotopic (exact) mass is 396 g/mol. The Labute approximate surface area is 160 Å². The molecule has 1 aliphatic rings. The molecule has 2 N–H and O–H groups in total. The normalized spacial score (nSPS) is 20.9. The summed E-state index contributed by atoms with van der Waals surface area (Å²) in [5.74, 6) is 0. The summed E-state index contributed by atoms with van der Waals surface area (Å²) in [5, 5.41) is 24.4. The van der Waals surface area contributed by atoms with Crippen molar-refractivity contribution in [2.45, 2.75) is 57.5 Å². The lowest BCUT2D eigenvalue weighted by Crippen LogP contribution is -2.60. The van der Waals surface area contributed by atoms with Crippen molar-refractivity contribution >= 4 is 25.8 Å². The predicted octanol–water partition coefficient (Wildman–Crippen LogP) is 3.23. The first-order valence-corrected chi connectivity index (χ1v) is 11.9. The molecular weight excluding hydrogens is 368 g/mol. The van der Waals surface area contributed by atoms with Crippen LogP contribution in [0.4, 0.5) is 16.2 Å². The van der Waals surface area contributed by atoms with Crippen molar-refractivity contribution in [1.29, 1.82) is 0 Å². The van der Waals surface area contributed by atoms with Crippen LogP contribution in [0.25, 0.3) is 0 Å². The third-order valence-electron chi connectivity index (χ3n) is 5.41. The van der Waals surface area contributed by atoms with Gasteiger partial charge < -0.3 is 14.8 Å². The Morgan fingerprint density at radius 2 is 2.15 bits per heavy atom. The maximum Gasteiger partial charge on any atom is 0.412 e. The molecule has 9 nitrogen and oxygen atoms in total. The van der Waals surface area contributed by atoms with Gasteiger partial charge in [-0.2, -0.15) is 0 Å². The van der Waals surface area contributed by atoms with Crippen LogP contribution in [0.15, 0.2) is 18.5 Å². The van der Waals surface area contributed by atoms with Gasteiger partial charge in [0.15, 0.2) is 8.32 Å². The van der Waals surface area contributed by atoms with Crippen LogP contribution in [0.2, 0.25) is 18.1 Å². The highest BCUT2D eigenvalue weighted by atomic mass is 28.4. The van der Waals surface area contributed by atoms with Crippen molar-refractivity contribution in [3.05, 3.63) is 28.6 Å². The molecule has 0 spiro atoms. The number of carbonyl (C=O) groups is 1. The highest BCUT2D eigenvalue weighted by Crippen LogP contribution is 2.39. The number of amides is 1. The van der Waals surface area contributed by atoms with E-state index in [1.54, 1.807) is 0 Å². The van der Waals surface area contributed by atoms with E-state index in [0.717, 1.165) is 11.1 Å². The van der Waals surface area contributed by atoms with E-state index >= 15 is 0 Å². The first-order valence-electron chi connectivity index (χ1n) is 8.95. The fraction of sp³-hybridized carbons (Fsp3) is 0.647. The second kappa shape index (κ2) is 7.91. The van der Waals surface area contributed by atoms with E-state index < -0.39 is 25.4 Å². The van der Waals surface area contributed by atoms with Crippen molar-refractivity contribution in [3.8, 4) is 0 Å².